The maximum Gasteiger partial charge on any atom is 0.123 e. The summed E-state index contributed by atoms with van der Waals surface area (Å²) in [5.74, 6) is 0.528. The third kappa shape index (κ3) is 4.33. The van der Waals surface area contributed by atoms with Crippen molar-refractivity contribution in [1.29, 1.82) is 0 Å². The summed E-state index contributed by atoms with van der Waals surface area (Å²) in [7, 11) is 1.66. The Morgan fingerprint density at radius 1 is 1.17 bits per heavy atom. The highest BCUT2D eigenvalue weighted by molar-refractivity contribution is 5.64. The second kappa shape index (κ2) is 8.35. The van der Waals surface area contributed by atoms with Gasteiger partial charge in [-0.1, -0.05) is 24.3 Å². The number of halogens is 1. The lowest BCUT2D eigenvalue weighted by Gasteiger charge is -2.27. The Balaban J connectivity index is 1.48. The fraction of sp³-hybridized carbons (Fsp3) is 0.348. The van der Waals surface area contributed by atoms with Gasteiger partial charge >= 0.3 is 0 Å². The SMILES string of the molecule is COc1cccc(-c2[nH]ncc2CN2CCCC(O)(c3ccc(F)cc3)CC2)c1. The van der Waals surface area contributed by atoms with Gasteiger partial charge in [-0.2, -0.15) is 5.10 Å². The number of nitrogens with one attached hydrogen (secondary N) is 1. The highest BCUT2D eigenvalue weighted by atomic mass is 19.1. The van der Waals surface area contributed by atoms with Gasteiger partial charge in [0.25, 0.3) is 0 Å². The van der Waals surface area contributed by atoms with Crippen LogP contribution < -0.4 is 4.74 Å². The molecule has 1 aromatic heterocycles. The predicted molar refractivity (Wildman–Crippen MR) is 110 cm³/mol. The molecule has 2 heterocycles. The topological polar surface area (TPSA) is 61.4 Å². The quantitative estimate of drug-likeness (QED) is 0.683. The Hall–Kier alpha value is -2.70. The van der Waals surface area contributed by atoms with E-state index in [2.05, 4.69) is 15.1 Å². The van der Waals surface area contributed by atoms with Gasteiger partial charge in [-0.3, -0.25) is 10.00 Å². The van der Waals surface area contributed by atoms with Crippen LogP contribution in [0.5, 0.6) is 5.75 Å². The molecule has 0 radical (unpaired) electrons. The number of aromatic nitrogens is 2. The average Bonchev–Trinajstić information content (AvgIpc) is 3.12. The van der Waals surface area contributed by atoms with E-state index in [-0.39, 0.29) is 5.82 Å². The number of likely N-dealkylation sites (tertiary alicyclic amines) is 1. The van der Waals surface area contributed by atoms with Gasteiger partial charge < -0.3 is 9.84 Å². The summed E-state index contributed by atoms with van der Waals surface area (Å²) in [5.41, 5.74) is 3.03. The molecule has 1 saturated heterocycles. The third-order valence-electron chi connectivity index (χ3n) is 5.76. The standard InChI is InChI=1S/C23H26FN3O2/c1-29-21-5-2-4-17(14-21)22-18(15-25-26-22)16-27-12-3-10-23(28,11-13-27)19-6-8-20(24)9-7-19/h2,4-9,14-15,28H,3,10-13,16H2,1H3,(H,25,26). The van der Waals surface area contributed by atoms with E-state index in [0.717, 1.165) is 54.2 Å². The Labute approximate surface area is 170 Å². The lowest BCUT2D eigenvalue weighted by Crippen LogP contribution is -2.29. The molecule has 152 valence electrons. The van der Waals surface area contributed by atoms with Gasteiger partial charge in [0.1, 0.15) is 11.6 Å². The van der Waals surface area contributed by atoms with Crippen LogP contribution in [-0.4, -0.2) is 40.4 Å². The number of aliphatic hydroxyl groups is 1. The molecule has 6 heteroatoms. The number of H-pyrrole nitrogens is 1. The lowest BCUT2D eigenvalue weighted by atomic mass is 9.87. The van der Waals surface area contributed by atoms with E-state index >= 15 is 0 Å². The van der Waals surface area contributed by atoms with Crippen molar-refractivity contribution in [2.24, 2.45) is 0 Å². The average molecular weight is 395 g/mol. The molecule has 1 aliphatic rings. The summed E-state index contributed by atoms with van der Waals surface area (Å²) in [5, 5.41) is 18.5. The first-order valence-electron chi connectivity index (χ1n) is 9.95. The van der Waals surface area contributed by atoms with Gasteiger partial charge in [-0.05, 0) is 55.6 Å². The number of methoxy groups -OCH3 is 1. The van der Waals surface area contributed by atoms with Crippen LogP contribution in [0.15, 0.2) is 54.7 Å². The molecule has 2 aromatic carbocycles. The molecular formula is C23H26FN3O2. The molecule has 2 N–H and O–H groups in total. The molecule has 0 aliphatic carbocycles. The van der Waals surface area contributed by atoms with Gasteiger partial charge in [0.2, 0.25) is 0 Å². The van der Waals surface area contributed by atoms with Gasteiger partial charge in [0.05, 0.1) is 24.6 Å². The Morgan fingerprint density at radius 2 is 2.00 bits per heavy atom. The number of hydrogen-bond acceptors (Lipinski definition) is 4. The monoisotopic (exact) mass is 395 g/mol. The van der Waals surface area contributed by atoms with E-state index in [1.54, 1.807) is 19.2 Å². The molecule has 0 bridgehead atoms. The Kier molecular flexibility index (Phi) is 5.65. The number of benzene rings is 2. The highest BCUT2D eigenvalue weighted by Crippen LogP contribution is 2.34. The molecule has 5 nitrogen and oxygen atoms in total. The van der Waals surface area contributed by atoms with Crippen LogP contribution >= 0.6 is 0 Å². The second-order valence-corrected chi connectivity index (χ2v) is 7.67. The summed E-state index contributed by atoms with van der Waals surface area (Å²) in [6.07, 6.45) is 4.03. The zero-order valence-electron chi connectivity index (χ0n) is 16.6. The van der Waals surface area contributed by atoms with Gasteiger partial charge in [-0.15, -0.1) is 0 Å². The minimum atomic E-state index is -0.908. The Bertz CT molecular complexity index is 957. The van der Waals surface area contributed by atoms with Gasteiger partial charge in [-0.25, -0.2) is 4.39 Å². The normalized spacial score (nSPS) is 20.4. The highest BCUT2D eigenvalue weighted by Gasteiger charge is 2.32. The van der Waals surface area contributed by atoms with Crippen LogP contribution in [0.2, 0.25) is 0 Å². The molecular weight excluding hydrogens is 369 g/mol. The van der Waals surface area contributed by atoms with Crippen molar-refractivity contribution in [3.8, 4) is 17.0 Å². The zero-order valence-corrected chi connectivity index (χ0v) is 16.6. The smallest absolute Gasteiger partial charge is 0.123 e. The third-order valence-corrected chi connectivity index (χ3v) is 5.76. The van der Waals surface area contributed by atoms with Crippen molar-refractivity contribution < 1.29 is 14.2 Å². The van der Waals surface area contributed by atoms with Crippen molar-refractivity contribution in [2.45, 2.75) is 31.4 Å². The van der Waals surface area contributed by atoms with Gasteiger partial charge in [0, 0.05) is 24.2 Å². The molecule has 3 aromatic rings. The van der Waals surface area contributed by atoms with Crippen molar-refractivity contribution in [1.82, 2.24) is 15.1 Å². The van der Waals surface area contributed by atoms with Crippen LogP contribution in [-0.2, 0) is 12.1 Å². The van der Waals surface area contributed by atoms with E-state index < -0.39 is 5.60 Å². The van der Waals surface area contributed by atoms with E-state index in [9.17, 15) is 9.50 Å². The maximum absolute atomic E-state index is 13.3. The van der Waals surface area contributed by atoms with Crippen LogP contribution in [0.4, 0.5) is 4.39 Å². The maximum atomic E-state index is 13.3. The first-order chi connectivity index (χ1) is 14.1. The van der Waals surface area contributed by atoms with E-state index in [1.807, 2.05) is 30.5 Å². The summed E-state index contributed by atoms with van der Waals surface area (Å²) in [6, 6.07) is 14.1. The molecule has 1 unspecified atom stereocenters. The van der Waals surface area contributed by atoms with E-state index in [4.69, 9.17) is 4.74 Å². The van der Waals surface area contributed by atoms with Crippen LogP contribution in [0.1, 0.15) is 30.4 Å². The summed E-state index contributed by atoms with van der Waals surface area (Å²) in [4.78, 5) is 2.34. The van der Waals surface area contributed by atoms with Crippen LogP contribution in [0.25, 0.3) is 11.3 Å². The largest absolute Gasteiger partial charge is 0.497 e. The first-order valence-corrected chi connectivity index (χ1v) is 9.95. The molecule has 1 fully saturated rings. The Morgan fingerprint density at radius 3 is 2.79 bits per heavy atom. The van der Waals surface area contributed by atoms with Crippen LogP contribution in [0.3, 0.4) is 0 Å². The van der Waals surface area contributed by atoms with E-state index in [1.165, 1.54) is 12.1 Å². The number of nitrogens with zero attached hydrogens (tertiary/aromatic N) is 2. The van der Waals surface area contributed by atoms with Gasteiger partial charge in [0.15, 0.2) is 0 Å². The molecule has 1 aliphatic heterocycles. The zero-order chi connectivity index (χ0) is 20.3. The summed E-state index contributed by atoms with van der Waals surface area (Å²) < 4.78 is 18.6. The number of ether oxygens (including phenoxy) is 1. The lowest BCUT2D eigenvalue weighted by molar-refractivity contribution is 0.0209. The molecule has 29 heavy (non-hydrogen) atoms. The second-order valence-electron chi connectivity index (χ2n) is 7.67. The number of rotatable bonds is 5. The van der Waals surface area contributed by atoms with Crippen molar-refractivity contribution in [2.75, 3.05) is 20.2 Å². The molecule has 1 atom stereocenters. The molecule has 0 amide bonds. The van der Waals surface area contributed by atoms with Crippen LogP contribution in [0, 0.1) is 5.82 Å². The molecule has 0 saturated carbocycles. The summed E-state index contributed by atoms with van der Waals surface area (Å²) >= 11 is 0. The first kappa shape index (κ1) is 19.6. The minimum Gasteiger partial charge on any atom is -0.497 e. The minimum absolute atomic E-state index is 0.280. The predicted octanol–water partition coefficient (Wildman–Crippen LogP) is 4.10. The van der Waals surface area contributed by atoms with Crippen molar-refractivity contribution in [3.05, 3.63) is 71.7 Å². The molecule has 4 rings (SSSR count). The van der Waals surface area contributed by atoms with E-state index in [0.29, 0.717) is 12.8 Å². The summed E-state index contributed by atoms with van der Waals surface area (Å²) in [6.45, 7) is 2.41. The number of aromatic amines is 1. The van der Waals surface area contributed by atoms with Crippen molar-refractivity contribution in [3.63, 3.8) is 0 Å². The number of hydrogen-bond donors (Lipinski definition) is 2. The molecule has 0 spiro atoms. The fourth-order valence-corrected chi connectivity index (χ4v) is 4.08. The fourth-order valence-electron chi connectivity index (χ4n) is 4.08. The van der Waals surface area contributed by atoms with Crippen molar-refractivity contribution >= 4 is 0 Å².